The van der Waals surface area contributed by atoms with Crippen molar-refractivity contribution in [3.8, 4) is 0 Å². The fourth-order valence-electron chi connectivity index (χ4n) is 2.55. The molecule has 2 nitrogen and oxygen atoms in total. The highest BCUT2D eigenvalue weighted by Gasteiger charge is 1.92. The molecule has 0 aliphatic heterocycles. The molecule has 0 unspecified atom stereocenters. The maximum atomic E-state index is 8.61. The maximum absolute atomic E-state index is 8.61. The molecule has 0 heterocycles. The number of ether oxygens (including phenoxy) is 1. The zero-order valence-corrected chi connectivity index (χ0v) is 17.3. The Balaban J connectivity index is 0. The molecule has 0 atom stereocenters. The van der Waals surface area contributed by atoms with Crippen LogP contribution in [0.3, 0.4) is 0 Å². The zero-order chi connectivity index (χ0) is 18.1. The van der Waals surface area contributed by atoms with Crippen LogP contribution in [0.1, 0.15) is 124 Å². The molecule has 0 rings (SSSR count). The van der Waals surface area contributed by atoms with Gasteiger partial charge in [0.25, 0.3) is 0 Å². The van der Waals surface area contributed by atoms with Crippen molar-refractivity contribution < 1.29 is 9.84 Å². The molecule has 2 heteroatoms. The summed E-state index contributed by atoms with van der Waals surface area (Å²) in [6, 6.07) is 0. The summed E-state index contributed by atoms with van der Waals surface area (Å²) in [7, 11) is 0. The lowest BCUT2D eigenvalue weighted by atomic mass is 10.1. The molecule has 0 radical (unpaired) electrons. The van der Waals surface area contributed by atoms with Crippen LogP contribution in [-0.4, -0.2) is 24.9 Å². The SMILES string of the molecule is CCCCCCCCCCCCCCO.CCCCOCCCC. The first-order valence-electron chi connectivity index (χ1n) is 11.0. The van der Waals surface area contributed by atoms with E-state index in [0.29, 0.717) is 6.61 Å². The standard InChI is InChI=1S/C14H30O.C8H18O/c1-2-3-4-5-6-7-8-9-10-11-12-13-14-15;1-3-5-7-9-8-6-4-2/h15H,2-14H2,1H3;3-8H2,1-2H3. The van der Waals surface area contributed by atoms with Gasteiger partial charge in [0.05, 0.1) is 0 Å². The molecule has 0 aromatic rings. The Labute approximate surface area is 153 Å². The lowest BCUT2D eigenvalue weighted by molar-refractivity contribution is 0.128. The first kappa shape index (κ1) is 26.2. The number of aliphatic hydroxyl groups excluding tert-OH is 1. The summed E-state index contributed by atoms with van der Waals surface area (Å²) in [4.78, 5) is 0. The second-order valence-corrected chi connectivity index (χ2v) is 6.93. The van der Waals surface area contributed by atoms with Crippen LogP contribution in [0.5, 0.6) is 0 Å². The Bertz CT molecular complexity index is 165. The number of hydrogen-bond donors (Lipinski definition) is 1. The van der Waals surface area contributed by atoms with Gasteiger partial charge in [-0.05, 0) is 19.3 Å². The van der Waals surface area contributed by atoms with Crippen LogP contribution in [0.2, 0.25) is 0 Å². The van der Waals surface area contributed by atoms with Gasteiger partial charge in [0.15, 0.2) is 0 Å². The normalized spacial score (nSPS) is 10.5. The Morgan fingerprint density at radius 1 is 0.458 bits per heavy atom. The monoisotopic (exact) mass is 344 g/mol. The van der Waals surface area contributed by atoms with Crippen molar-refractivity contribution in [2.45, 2.75) is 124 Å². The minimum atomic E-state index is 0.372. The largest absolute Gasteiger partial charge is 0.396 e. The summed E-state index contributed by atoms with van der Waals surface area (Å²) in [5.41, 5.74) is 0. The molecular weight excluding hydrogens is 296 g/mol. The van der Waals surface area contributed by atoms with E-state index in [1.807, 2.05) is 0 Å². The second kappa shape index (κ2) is 27.8. The van der Waals surface area contributed by atoms with E-state index in [9.17, 15) is 0 Å². The molecule has 0 aliphatic carbocycles. The van der Waals surface area contributed by atoms with Crippen molar-refractivity contribution in [1.82, 2.24) is 0 Å². The molecular formula is C22H48O2. The Hall–Kier alpha value is -0.0800. The van der Waals surface area contributed by atoms with E-state index in [1.54, 1.807) is 0 Å². The van der Waals surface area contributed by atoms with Crippen molar-refractivity contribution in [3.63, 3.8) is 0 Å². The molecule has 0 aromatic heterocycles. The summed E-state index contributed by atoms with van der Waals surface area (Å²) in [6.07, 6.45) is 21.2. The quantitative estimate of drug-likeness (QED) is 0.265. The molecule has 0 saturated carbocycles. The van der Waals surface area contributed by atoms with Crippen LogP contribution in [0.15, 0.2) is 0 Å². The average molecular weight is 345 g/mol. The van der Waals surface area contributed by atoms with E-state index in [-0.39, 0.29) is 0 Å². The minimum absolute atomic E-state index is 0.372. The van der Waals surface area contributed by atoms with E-state index in [1.165, 1.54) is 96.3 Å². The second-order valence-electron chi connectivity index (χ2n) is 6.93. The summed E-state index contributed by atoms with van der Waals surface area (Å²) >= 11 is 0. The van der Waals surface area contributed by atoms with Crippen LogP contribution < -0.4 is 0 Å². The molecule has 1 N–H and O–H groups in total. The van der Waals surface area contributed by atoms with E-state index < -0.39 is 0 Å². The highest BCUT2D eigenvalue weighted by Crippen LogP contribution is 2.11. The molecule has 0 fully saturated rings. The summed E-state index contributed by atoms with van der Waals surface area (Å²) in [6.45, 7) is 8.92. The lowest BCUT2D eigenvalue weighted by Gasteiger charge is -2.01. The van der Waals surface area contributed by atoms with Gasteiger partial charge in [-0.3, -0.25) is 0 Å². The van der Waals surface area contributed by atoms with Crippen LogP contribution >= 0.6 is 0 Å². The van der Waals surface area contributed by atoms with E-state index in [2.05, 4.69) is 20.8 Å². The van der Waals surface area contributed by atoms with Gasteiger partial charge in [0.2, 0.25) is 0 Å². The molecule has 0 spiro atoms. The van der Waals surface area contributed by atoms with Crippen LogP contribution in [0, 0.1) is 0 Å². The molecule has 0 aromatic carbocycles. The predicted molar refractivity (Wildman–Crippen MR) is 109 cm³/mol. The fourth-order valence-corrected chi connectivity index (χ4v) is 2.55. The van der Waals surface area contributed by atoms with Gasteiger partial charge < -0.3 is 9.84 Å². The highest BCUT2D eigenvalue weighted by atomic mass is 16.5. The van der Waals surface area contributed by atoms with Gasteiger partial charge in [-0.15, -0.1) is 0 Å². The smallest absolute Gasteiger partial charge is 0.0465 e. The minimum Gasteiger partial charge on any atom is -0.396 e. The van der Waals surface area contributed by atoms with E-state index in [4.69, 9.17) is 9.84 Å². The third-order valence-electron chi connectivity index (χ3n) is 4.30. The molecule has 24 heavy (non-hydrogen) atoms. The first-order chi connectivity index (χ1) is 11.8. The van der Waals surface area contributed by atoms with Gasteiger partial charge in [-0.25, -0.2) is 0 Å². The number of unbranched alkanes of at least 4 members (excludes halogenated alkanes) is 13. The van der Waals surface area contributed by atoms with Crippen LogP contribution in [0.25, 0.3) is 0 Å². The van der Waals surface area contributed by atoms with Gasteiger partial charge in [0.1, 0.15) is 0 Å². The predicted octanol–water partition coefficient (Wildman–Crippen LogP) is 7.28. The number of hydrogen-bond acceptors (Lipinski definition) is 2. The lowest BCUT2D eigenvalue weighted by Crippen LogP contribution is -1.95. The Morgan fingerprint density at radius 2 is 0.792 bits per heavy atom. The highest BCUT2D eigenvalue weighted by molar-refractivity contribution is 4.48. The topological polar surface area (TPSA) is 29.5 Å². The van der Waals surface area contributed by atoms with Crippen LogP contribution in [-0.2, 0) is 4.74 Å². The molecule has 0 aliphatic rings. The van der Waals surface area contributed by atoms with Crippen molar-refractivity contribution in [1.29, 1.82) is 0 Å². The Kier molecular flexibility index (Phi) is 30.2. The first-order valence-corrected chi connectivity index (χ1v) is 11.0. The van der Waals surface area contributed by atoms with Crippen molar-refractivity contribution >= 4 is 0 Å². The molecule has 0 bridgehead atoms. The van der Waals surface area contributed by atoms with Crippen molar-refractivity contribution in [2.75, 3.05) is 19.8 Å². The molecule has 0 saturated heterocycles. The fraction of sp³-hybridized carbons (Fsp3) is 1.00. The van der Waals surface area contributed by atoms with Gasteiger partial charge in [-0.1, -0.05) is 104 Å². The number of rotatable bonds is 18. The molecule has 148 valence electrons. The van der Waals surface area contributed by atoms with E-state index >= 15 is 0 Å². The summed E-state index contributed by atoms with van der Waals surface area (Å²) in [5, 5.41) is 8.61. The average Bonchev–Trinajstić information content (AvgIpc) is 2.60. The Morgan fingerprint density at radius 3 is 1.12 bits per heavy atom. The van der Waals surface area contributed by atoms with Gasteiger partial charge >= 0.3 is 0 Å². The summed E-state index contributed by atoms with van der Waals surface area (Å²) in [5.74, 6) is 0. The third kappa shape index (κ3) is 29.9. The van der Waals surface area contributed by atoms with Gasteiger partial charge in [0, 0.05) is 19.8 Å². The van der Waals surface area contributed by atoms with Gasteiger partial charge in [-0.2, -0.15) is 0 Å². The van der Waals surface area contributed by atoms with Crippen molar-refractivity contribution in [3.05, 3.63) is 0 Å². The van der Waals surface area contributed by atoms with E-state index in [0.717, 1.165) is 19.6 Å². The number of aliphatic hydroxyl groups is 1. The van der Waals surface area contributed by atoms with Crippen LogP contribution in [0.4, 0.5) is 0 Å². The van der Waals surface area contributed by atoms with Crippen molar-refractivity contribution in [2.24, 2.45) is 0 Å². The molecule has 0 amide bonds. The summed E-state index contributed by atoms with van der Waals surface area (Å²) < 4.78 is 5.31. The zero-order valence-electron chi connectivity index (χ0n) is 17.3. The third-order valence-corrected chi connectivity index (χ3v) is 4.30. The maximum Gasteiger partial charge on any atom is 0.0465 e.